The summed E-state index contributed by atoms with van der Waals surface area (Å²) in [6.07, 6.45) is 7.45. The summed E-state index contributed by atoms with van der Waals surface area (Å²) < 4.78 is 4.90. The van der Waals surface area contributed by atoms with Gasteiger partial charge in [0.2, 0.25) is 0 Å². The van der Waals surface area contributed by atoms with Crippen LogP contribution in [0.5, 0.6) is 0 Å². The second-order valence-electron chi connectivity index (χ2n) is 3.38. The number of ketones is 1. The molecule has 0 amide bonds. The molecule has 3 nitrogen and oxygen atoms in total. The van der Waals surface area contributed by atoms with Crippen molar-refractivity contribution < 1.29 is 9.21 Å². The van der Waals surface area contributed by atoms with Gasteiger partial charge in [0.05, 0.1) is 12.5 Å². The predicted octanol–water partition coefficient (Wildman–Crippen LogP) is 2.03. The van der Waals surface area contributed by atoms with Crippen LogP contribution in [0.25, 0.3) is 0 Å². The van der Waals surface area contributed by atoms with Gasteiger partial charge in [-0.1, -0.05) is 0 Å². The Morgan fingerprint density at radius 2 is 1.87 bits per heavy atom. The standard InChI is InChI=1S/C12H11NO2/c14-12(8-11-3-6-15-9-11)7-10-1-4-13-5-2-10/h1-6,9H,7-8H2. The molecule has 0 N–H and O–H groups in total. The van der Waals surface area contributed by atoms with Crippen LogP contribution in [0.2, 0.25) is 0 Å². The van der Waals surface area contributed by atoms with Gasteiger partial charge in [0.25, 0.3) is 0 Å². The Hall–Kier alpha value is -1.90. The number of carbonyl (C=O) groups is 1. The van der Waals surface area contributed by atoms with Crippen molar-refractivity contribution in [3.63, 3.8) is 0 Å². The van der Waals surface area contributed by atoms with Crippen LogP contribution >= 0.6 is 0 Å². The van der Waals surface area contributed by atoms with E-state index in [1.165, 1.54) is 0 Å². The third-order valence-electron chi connectivity index (χ3n) is 2.13. The molecule has 15 heavy (non-hydrogen) atoms. The molecule has 0 aliphatic rings. The van der Waals surface area contributed by atoms with E-state index in [0.717, 1.165) is 11.1 Å². The first-order chi connectivity index (χ1) is 7.34. The molecule has 3 heteroatoms. The topological polar surface area (TPSA) is 43.1 Å². The van der Waals surface area contributed by atoms with Crippen LogP contribution in [0.1, 0.15) is 11.1 Å². The molecule has 2 aromatic rings. The summed E-state index contributed by atoms with van der Waals surface area (Å²) in [5, 5.41) is 0. The quantitative estimate of drug-likeness (QED) is 0.760. The Morgan fingerprint density at radius 3 is 2.53 bits per heavy atom. The Bertz CT molecular complexity index is 420. The number of pyridine rings is 1. The molecular formula is C12H11NO2. The minimum atomic E-state index is 0.183. The molecule has 0 radical (unpaired) electrons. The van der Waals surface area contributed by atoms with E-state index in [4.69, 9.17) is 4.42 Å². The molecule has 0 atom stereocenters. The lowest BCUT2D eigenvalue weighted by Gasteiger charge is -1.98. The molecule has 0 spiro atoms. The van der Waals surface area contributed by atoms with Gasteiger partial charge in [0.1, 0.15) is 5.78 Å². The molecule has 76 valence electrons. The minimum absolute atomic E-state index is 0.183. The zero-order chi connectivity index (χ0) is 10.5. The first kappa shape index (κ1) is 9.65. The number of hydrogen-bond acceptors (Lipinski definition) is 3. The Kier molecular flexibility index (Phi) is 2.93. The summed E-state index contributed by atoms with van der Waals surface area (Å²) in [6, 6.07) is 5.52. The number of aromatic nitrogens is 1. The maximum atomic E-state index is 11.6. The largest absolute Gasteiger partial charge is 0.472 e. The average molecular weight is 201 g/mol. The molecule has 0 unspecified atom stereocenters. The van der Waals surface area contributed by atoms with Crippen LogP contribution in [0.3, 0.4) is 0 Å². The highest BCUT2D eigenvalue weighted by Gasteiger charge is 2.05. The highest BCUT2D eigenvalue weighted by Crippen LogP contribution is 2.05. The second-order valence-corrected chi connectivity index (χ2v) is 3.38. The van der Waals surface area contributed by atoms with Crippen molar-refractivity contribution in [1.29, 1.82) is 0 Å². The van der Waals surface area contributed by atoms with E-state index in [2.05, 4.69) is 4.98 Å². The summed E-state index contributed by atoms with van der Waals surface area (Å²) in [6.45, 7) is 0. The number of rotatable bonds is 4. The summed E-state index contributed by atoms with van der Waals surface area (Å²) in [7, 11) is 0. The van der Waals surface area contributed by atoms with Crippen LogP contribution in [-0.4, -0.2) is 10.8 Å². The first-order valence-corrected chi connectivity index (χ1v) is 4.76. The lowest BCUT2D eigenvalue weighted by molar-refractivity contribution is -0.117. The van der Waals surface area contributed by atoms with Crippen molar-refractivity contribution in [3.8, 4) is 0 Å². The van der Waals surface area contributed by atoms with Crippen LogP contribution < -0.4 is 0 Å². The lowest BCUT2D eigenvalue weighted by atomic mass is 10.1. The van der Waals surface area contributed by atoms with Crippen LogP contribution in [0.15, 0.2) is 47.5 Å². The second kappa shape index (κ2) is 4.55. The molecule has 0 aromatic carbocycles. The molecule has 2 heterocycles. The molecule has 0 aliphatic heterocycles. The summed E-state index contributed by atoms with van der Waals surface area (Å²) >= 11 is 0. The third-order valence-corrected chi connectivity index (χ3v) is 2.13. The van der Waals surface area contributed by atoms with Crippen LogP contribution in [-0.2, 0) is 17.6 Å². The summed E-state index contributed by atoms with van der Waals surface area (Å²) in [5.41, 5.74) is 1.92. The van der Waals surface area contributed by atoms with Crippen molar-refractivity contribution in [1.82, 2.24) is 4.98 Å². The average Bonchev–Trinajstić information content (AvgIpc) is 2.71. The fourth-order valence-electron chi connectivity index (χ4n) is 1.41. The fourth-order valence-corrected chi connectivity index (χ4v) is 1.41. The van der Waals surface area contributed by atoms with E-state index < -0.39 is 0 Å². The van der Waals surface area contributed by atoms with E-state index in [9.17, 15) is 4.79 Å². The number of carbonyl (C=O) groups excluding carboxylic acids is 1. The smallest absolute Gasteiger partial charge is 0.141 e. The molecule has 0 saturated carbocycles. The van der Waals surface area contributed by atoms with E-state index in [1.807, 2.05) is 18.2 Å². The lowest BCUT2D eigenvalue weighted by Crippen LogP contribution is -2.05. The zero-order valence-corrected chi connectivity index (χ0v) is 8.22. The number of hydrogen-bond donors (Lipinski definition) is 0. The van der Waals surface area contributed by atoms with Gasteiger partial charge in [-0.3, -0.25) is 9.78 Å². The third kappa shape index (κ3) is 2.77. The van der Waals surface area contributed by atoms with Crippen LogP contribution in [0, 0.1) is 0 Å². The van der Waals surface area contributed by atoms with Crippen molar-refractivity contribution >= 4 is 5.78 Å². The van der Waals surface area contributed by atoms with Gasteiger partial charge in [-0.05, 0) is 29.3 Å². The molecule has 2 aromatic heterocycles. The maximum Gasteiger partial charge on any atom is 0.141 e. The summed E-state index contributed by atoms with van der Waals surface area (Å²) in [4.78, 5) is 15.5. The van der Waals surface area contributed by atoms with Gasteiger partial charge < -0.3 is 4.42 Å². The van der Waals surface area contributed by atoms with E-state index >= 15 is 0 Å². The zero-order valence-electron chi connectivity index (χ0n) is 8.22. The van der Waals surface area contributed by atoms with Crippen molar-refractivity contribution in [2.45, 2.75) is 12.8 Å². The number of nitrogens with zero attached hydrogens (tertiary/aromatic N) is 1. The number of furan rings is 1. The number of Topliss-reactive ketones (excluding diaryl/α,β-unsaturated/α-hetero) is 1. The van der Waals surface area contributed by atoms with E-state index in [-0.39, 0.29) is 5.78 Å². The predicted molar refractivity (Wildman–Crippen MR) is 55.4 cm³/mol. The van der Waals surface area contributed by atoms with Crippen molar-refractivity contribution in [3.05, 3.63) is 54.2 Å². The Morgan fingerprint density at radius 1 is 1.13 bits per heavy atom. The first-order valence-electron chi connectivity index (χ1n) is 4.76. The highest BCUT2D eigenvalue weighted by molar-refractivity contribution is 5.82. The van der Waals surface area contributed by atoms with Crippen molar-refractivity contribution in [2.75, 3.05) is 0 Å². The van der Waals surface area contributed by atoms with Gasteiger partial charge >= 0.3 is 0 Å². The van der Waals surface area contributed by atoms with Gasteiger partial charge in [0.15, 0.2) is 0 Å². The van der Waals surface area contributed by atoms with Crippen LogP contribution in [0.4, 0.5) is 0 Å². The monoisotopic (exact) mass is 201 g/mol. The van der Waals surface area contributed by atoms with Gasteiger partial charge in [-0.15, -0.1) is 0 Å². The van der Waals surface area contributed by atoms with Gasteiger partial charge in [0, 0.05) is 25.2 Å². The molecule has 0 bridgehead atoms. The fraction of sp³-hybridized carbons (Fsp3) is 0.167. The summed E-state index contributed by atoms with van der Waals surface area (Å²) in [5.74, 6) is 0.183. The molecule has 0 aliphatic carbocycles. The Labute approximate surface area is 87.8 Å². The van der Waals surface area contributed by atoms with Gasteiger partial charge in [-0.2, -0.15) is 0 Å². The minimum Gasteiger partial charge on any atom is -0.472 e. The SMILES string of the molecule is O=C(Cc1ccncc1)Cc1ccoc1. The van der Waals surface area contributed by atoms with Crippen molar-refractivity contribution in [2.24, 2.45) is 0 Å². The maximum absolute atomic E-state index is 11.6. The molecule has 2 rings (SSSR count). The highest BCUT2D eigenvalue weighted by atomic mass is 16.3. The molecule has 0 fully saturated rings. The van der Waals surface area contributed by atoms with Gasteiger partial charge in [-0.25, -0.2) is 0 Å². The normalized spacial score (nSPS) is 10.1. The van der Waals surface area contributed by atoms with E-state index in [1.54, 1.807) is 24.9 Å². The molecular weight excluding hydrogens is 190 g/mol. The van der Waals surface area contributed by atoms with E-state index in [0.29, 0.717) is 12.8 Å². The Balaban J connectivity index is 1.94. The molecule has 0 saturated heterocycles.